The molecule has 154 valence electrons. The molecule has 0 bridgehead atoms. The van der Waals surface area contributed by atoms with Gasteiger partial charge in [-0.3, -0.25) is 0 Å². The molecule has 0 aliphatic carbocycles. The predicted octanol–water partition coefficient (Wildman–Crippen LogP) is 5.87. The summed E-state index contributed by atoms with van der Waals surface area (Å²) >= 11 is 0. The molecule has 5 aromatic rings. The van der Waals surface area contributed by atoms with E-state index in [1.807, 2.05) is 66.7 Å². The van der Waals surface area contributed by atoms with Crippen LogP contribution in [-0.2, 0) is 10.3 Å². The Bertz CT molecular complexity index is 1470. The lowest BCUT2D eigenvalue weighted by atomic mass is 9.78. The number of fused-ring (bicyclic) bond motifs is 3. The third-order valence-corrected chi connectivity index (χ3v) is 6.30. The summed E-state index contributed by atoms with van der Waals surface area (Å²) in [4.78, 5) is 13.0. The van der Waals surface area contributed by atoms with Gasteiger partial charge in [0, 0.05) is 27.5 Å². The minimum Gasteiger partial charge on any atom is -0.507 e. The van der Waals surface area contributed by atoms with Crippen LogP contribution in [0.5, 0.6) is 11.5 Å². The molecule has 1 aliphatic heterocycles. The summed E-state index contributed by atoms with van der Waals surface area (Å²) in [5.74, 6) is -0.0862. The molecule has 0 atom stereocenters. The molecule has 0 fully saturated rings. The third kappa shape index (κ3) is 2.47. The number of benzene rings is 5. The van der Waals surface area contributed by atoms with E-state index in [2.05, 4.69) is 0 Å². The Labute approximate surface area is 183 Å². The maximum Gasteiger partial charge on any atom is 0.340 e. The fourth-order valence-electron chi connectivity index (χ4n) is 4.76. The minimum absolute atomic E-state index is 0.160. The number of esters is 1. The van der Waals surface area contributed by atoms with Crippen LogP contribution in [0.4, 0.5) is 0 Å². The van der Waals surface area contributed by atoms with Gasteiger partial charge in [-0.05, 0) is 41.1 Å². The second-order valence-electron chi connectivity index (χ2n) is 8.04. The smallest absolute Gasteiger partial charge is 0.340 e. The van der Waals surface area contributed by atoms with E-state index >= 15 is 0 Å². The van der Waals surface area contributed by atoms with Crippen molar-refractivity contribution in [1.82, 2.24) is 0 Å². The van der Waals surface area contributed by atoms with Crippen LogP contribution in [0.2, 0.25) is 0 Å². The zero-order chi connectivity index (χ0) is 21.9. The number of aromatic hydroxyl groups is 2. The molecule has 6 rings (SSSR count). The maximum absolute atomic E-state index is 13.0. The van der Waals surface area contributed by atoms with Crippen molar-refractivity contribution in [3.8, 4) is 11.5 Å². The molecular formula is C28H18O4. The van der Waals surface area contributed by atoms with Gasteiger partial charge in [-0.25, -0.2) is 4.79 Å². The topological polar surface area (TPSA) is 66.8 Å². The third-order valence-electron chi connectivity index (χ3n) is 6.30. The lowest BCUT2D eigenvalue weighted by Gasteiger charge is -2.31. The highest BCUT2D eigenvalue weighted by Crippen LogP contribution is 2.48. The Hall–Kier alpha value is -4.31. The quantitative estimate of drug-likeness (QED) is 0.352. The first kappa shape index (κ1) is 18.5. The molecule has 2 N–H and O–H groups in total. The van der Waals surface area contributed by atoms with Gasteiger partial charge in [0.15, 0.2) is 5.60 Å². The van der Waals surface area contributed by atoms with E-state index in [1.165, 1.54) is 0 Å². The average molecular weight is 418 g/mol. The van der Waals surface area contributed by atoms with Crippen LogP contribution < -0.4 is 0 Å². The van der Waals surface area contributed by atoms with Gasteiger partial charge in [-0.15, -0.1) is 0 Å². The van der Waals surface area contributed by atoms with Crippen LogP contribution >= 0.6 is 0 Å². The van der Waals surface area contributed by atoms with Gasteiger partial charge in [0.2, 0.25) is 0 Å². The first-order chi connectivity index (χ1) is 15.6. The zero-order valence-electron chi connectivity index (χ0n) is 16.9. The number of phenolic OH excluding ortho intramolecular Hbond substituents is 2. The summed E-state index contributed by atoms with van der Waals surface area (Å²) in [5, 5.41) is 24.1. The Balaban J connectivity index is 1.71. The Morgan fingerprint density at radius 1 is 0.625 bits per heavy atom. The van der Waals surface area contributed by atoms with Crippen molar-refractivity contribution in [3.05, 3.63) is 119 Å². The van der Waals surface area contributed by atoms with Crippen molar-refractivity contribution >= 4 is 27.5 Å². The first-order valence-electron chi connectivity index (χ1n) is 10.4. The van der Waals surface area contributed by atoms with E-state index in [0.29, 0.717) is 16.3 Å². The average Bonchev–Trinajstić information content (AvgIpc) is 3.13. The van der Waals surface area contributed by atoms with Gasteiger partial charge in [0.1, 0.15) is 11.5 Å². The summed E-state index contributed by atoms with van der Waals surface area (Å²) in [6, 6.07) is 29.5. The van der Waals surface area contributed by atoms with Crippen LogP contribution in [0.25, 0.3) is 21.5 Å². The van der Waals surface area contributed by atoms with Gasteiger partial charge in [-0.2, -0.15) is 0 Å². The second kappa shape index (κ2) is 6.59. The Morgan fingerprint density at radius 3 is 1.78 bits per heavy atom. The van der Waals surface area contributed by atoms with E-state index in [0.717, 1.165) is 27.5 Å². The van der Waals surface area contributed by atoms with Crippen molar-refractivity contribution in [2.24, 2.45) is 0 Å². The van der Waals surface area contributed by atoms with Crippen molar-refractivity contribution < 1.29 is 19.7 Å². The number of rotatable bonds is 2. The molecule has 4 heteroatoms. The fourth-order valence-corrected chi connectivity index (χ4v) is 4.76. The number of hydrogen-bond acceptors (Lipinski definition) is 4. The number of hydrogen-bond donors (Lipinski definition) is 2. The molecule has 0 aromatic heterocycles. The summed E-state index contributed by atoms with van der Waals surface area (Å²) in [5.41, 5.74) is 1.47. The van der Waals surface area contributed by atoms with Crippen LogP contribution in [0, 0.1) is 0 Å². The summed E-state index contributed by atoms with van der Waals surface area (Å²) in [7, 11) is 0. The van der Waals surface area contributed by atoms with Gasteiger partial charge in [-0.1, -0.05) is 66.7 Å². The molecule has 5 aromatic carbocycles. The highest BCUT2D eigenvalue weighted by molar-refractivity contribution is 5.98. The highest BCUT2D eigenvalue weighted by atomic mass is 16.6. The SMILES string of the molecule is O=C1OC(c2ccc3cccc(O)c3c2)(c2ccc3cccc(O)c3c2)c2ccccc21. The molecule has 0 saturated heterocycles. The van der Waals surface area contributed by atoms with Crippen molar-refractivity contribution in [1.29, 1.82) is 0 Å². The number of carbonyl (C=O) groups excluding carboxylic acids is 1. The van der Waals surface area contributed by atoms with Gasteiger partial charge >= 0.3 is 5.97 Å². The predicted molar refractivity (Wildman–Crippen MR) is 123 cm³/mol. The van der Waals surface area contributed by atoms with Crippen LogP contribution in [-0.4, -0.2) is 16.2 Å². The van der Waals surface area contributed by atoms with E-state index < -0.39 is 11.6 Å². The maximum atomic E-state index is 13.0. The molecular weight excluding hydrogens is 400 g/mol. The monoisotopic (exact) mass is 418 g/mol. The lowest BCUT2D eigenvalue weighted by Crippen LogP contribution is -2.29. The van der Waals surface area contributed by atoms with Gasteiger partial charge in [0.25, 0.3) is 0 Å². The summed E-state index contributed by atoms with van der Waals surface area (Å²) in [6.45, 7) is 0. The van der Waals surface area contributed by atoms with E-state index in [-0.39, 0.29) is 11.5 Å². The second-order valence-corrected chi connectivity index (χ2v) is 8.04. The molecule has 1 aliphatic rings. The number of cyclic esters (lactones) is 1. The normalized spacial score (nSPS) is 14.4. The van der Waals surface area contributed by atoms with Crippen LogP contribution in [0.1, 0.15) is 27.0 Å². The molecule has 4 nitrogen and oxygen atoms in total. The largest absolute Gasteiger partial charge is 0.507 e. The molecule has 1 heterocycles. The standard InChI is InChI=1S/C28H18O4/c29-25-9-3-5-17-11-13-19(15-22(17)25)28(24-8-2-1-7-21(24)27(31)32-28)20-14-12-18-6-4-10-26(30)23(18)16-20/h1-16,29-30H. The van der Waals surface area contributed by atoms with E-state index in [4.69, 9.17) is 4.74 Å². The molecule has 32 heavy (non-hydrogen) atoms. The Morgan fingerprint density at radius 2 is 1.19 bits per heavy atom. The van der Waals surface area contributed by atoms with E-state index in [9.17, 15) is 15.0 Å². The summed E-state index contributed by atoms with van der Waals surface area (Å²) in [6.07, 6.45) is 0. The molecule has 0 spiro atoms. The van der Waals surface area contributed by atoms with Crippen molar-refractivity contribution in [2.45, 2.75) is 5.60 Å². The first-order valence-corrected chi connectivity index (χ1v) is 10.4. The number of carbonyl (C=O) groups is 1. The molecule has 0 unspecified atom stereocenters. The summed E-state index contributed by atoms with van der Waals surface area (Å²) < 4.78 is 6.17. The zero-order valence-corrected chi connectivity index (χ0v) is 16.9. The van der Waals surface area contributed by atoms with Crippen LogP contribution in [0.15, 0.2) is 97.1 Å². The minimum atomic E-state index is -1.21. The van der Waals surface area contributed by atoms with E-state index in [1.54, 1.807) is 30.3 Å². The molecule has 0 saturated carbocycles. The molecule has 0 radical (unpaired) electrons. The van der Waals surface area contributed by atoms with Crippen molar-refractivity contribution in [3.63, 3.8) is 0 Å². The Kier molecular flexibility index (Phi) is 3.80. The van der Waals surface area contributed by atoms with Crippen molar-refractivity contribution in [2.75, 3.05) is 0 Å². The fraction of sp³-hybridized carbons (Fsp3) is 0.0357. The number of ether oxygens (including phenoxy) is 1. The lowest BCUT2D eigenvalue weighted by molar-refractivity contribution is 0.0252. The van der Waals surface area contributed by atoms with Crippen LogP contribution in [0.3, 0.4) is 0 Å². The highest BCUT2D eigenvalue weighted by Gasteiger charge is 2.48. The van der Waals surface area contributed by atoms with Gasteiger partial charge in [0.05, 0.1) is 5.56 Å². The number of phenols is 2. The molecule has 0 amide bonds. The van der Waals surface area contributed by atoms with Gasteiger partial charge < -0.3 is 14.9 Å².